The Labute approximate surface area is 118 Å². The van der Waals surface area contributed by atoms with E-state index < -0.39 is 0 Å². The van der Waals surface area contributed by atoms with E-state index in [1.54, 1.807) is 0 Å². The lowest BCUT2D eigenvalue weighted by atomic mass is 10.2. The first-order valence-electron chi connectivity index (χ1n) is 6.56. The molecule has 0 bridgehead atoms. The second kappa shape index (κ2) is 6.65. The Morgan fingerprint density at radius 3 is 2.40 bits per heavy atom. The normalized spacial score (nSPS) is 10.3. The zero-order valence-corrected chi connectivity index (χ0v) is 11.6. The highest BCUT2D eigenvalue weighted by atomic mass is 16.1. The fourth-order valence-corrected chi connectivity index (χ4v) is 1.66. The summed E-state index contributed by atoms with van der Waals surface area (Å²) in [7, 11) is 0. The fraction of sp³-hybridized carbons (Fsp3) is 0.267. The second-order valence-corrected chi connectivity index (χ2v) is 4.76. The first kappa shape index (κ1) is 14.0. The first-order chi connectivity index (χ1) is 9.65. The van der Waals surface area contributed by atoms with Gasteiger partial charge < -0.3 is 10.6 Å². The van der Waals surface area contributed by atoms with E-state index in [-0.39, 0.29) is 11.9 Å². The monoisotopic (exact) mass is 270 g/mol. The van der Waals surface area contributed by atoms with Crippen LogP contribution in [0.3, 0.4) is 0 Å². The molecule has 0 aliphatic rings. The Kier molecular flexibility index (Phi) is 4.65. The number of hydrogen-bond acceptors (Lipinski definition) is 4. The van der Waals surface area contributed by atoms with E-state index in [9.17, 15) is 4.79 Å². The zero-order chi connectivity index (χ0) is 14.4. The molecule has 0 fully saturated rings. The van der Waals surface area contributed by atoms with Crippen LogP contribution >= 0.6 is 0 Å². The third-order valence-corrected chi connectivity index (χ3v) is 2.63. The number of benzene rings is 1. The van der Waals surface area contributed by atoms with Crippen molar-refractivity contribution in [3.05, 3.63) is 53.9 Å². The quantitative estimate of drug-likeness (QED) is 0.874. The van der Waals surface area contributed by atoms with Gasteiger partial charge in [-0.15, -0.1) is 0 Å². The molecule has 1 amide bonds. The maximum atomic E-state index is 11.7. The summed E-state index contributed by atoms with van der Waals surface area (Å²) in [5.74, 6) is 0.351. The van der Waals surface area contributed by atoms with E-state index in [0.717, 1.165) is 5.56 Å². The van der Waals surface area contributed by atoms with Gasteiger partial charge in [-0.1, -0.05) is 30.3 Å². The molecule has 0 aliphatic heterocycles. The van der Waals surface area contributed by atoms with Crippen molar-refractivity contribution in [1.82, 2.24) is 15.3 Å². The van der Waals surface area contributed by atoms with Gasteiger partial charge in [-0.05, 0) is 19.4 Å². The van der Waals surface area contributed by atoms with Crippen LogP contribution in [0.4, 0.5) is 5.95 Å². The Balaban J connectivity index is 1.93. The first-order valence-corrected chi connectivity index (χ1v) is 6.56. The molecule has 1 aromatic carbocycles. The average Bonchev–Trinajstić information content (AvgIpc) is 2.46. The van der Waals surface area contributed by atoms with Crippen molar-refractivity contribution >= 4 is 11.9 Å². The van der Waals surface area contributed by atoms with E-state index in [2.05, 4.69) is 20.6 Å². The largest absolute Gasteiger partial charge is 0.350 e. The smallest absolute Gasteiger partial charge is 0.254 e. The minimum Gasteiger partial charge on any atom is -0.350 e. The maximum Gasteiger partial charge on any atom is 0.254 e. The lowest BCUT2D eigenvalue weighted by Gasteiger charge is -2.08. The van der Waals surface area contributed by atoms with Crippen molar-refractivity contribution in [2.75, 3.05) is 5.32 Å². The van der Waals surface area contributed by atoms with Crippen LogP contribution in [-0.4, -0.2) is 21.9 Å². The van der Waals surface area contributed by atoms with Gasteiger partial charge in [0.1, 0.15) is 0 Å². The molecule has 0 aliphatic carbocycles. The van der Waals surface area contributed by atoms with Gasteiger partial charge >= 0.3 is 0 Å². The maximum absolute atomic E-state index is 11.7. The van der Waals surface area contributed by atoms with Crippen LogP contribution < -0.4 is 10.6 Å². The molecule has 0 saturated heterocycles. The molecule has 2 N–H and O–H groups in total. The summed E-state index contributed by atoms with van der Waals surface area (Å²) in [6, 6.07) is 10.1. The van der Waals surface area contributed by atoms with E-state index in [0.29, 0.717) is 18.1 Å². The minimum atomic E-state index is -0.158. The number of rotatable bonds is 5. The highest BCUT2D eigenvalue weighted by Gasteiger charge is 2.07. The molecule has 0 unspecified atom stereocenters. The van der Waals surface area contributed by atoms with Crippen LogP contribution in [0.2, 0.25) is 0 Å². The second-order valence-electron chi connectivity index (χ2n) is 4.76. The SMILES string of the molecule is CC(C)NC(=O)c1cnc(NCc2ccccc2)nc1. The van der Waals surface area contributed by atoms with E-state index in [1.807, 2.05) is 44.2 Å². The molecule has 0 saturated carbocycles. The molecule has 2 aromatic rings. The van der Waals surface area contributed by atoms with Gasteiger partial charge in [0.2, 0.25) is 5.95 Å². The highest BCUT2D eigenvalue weighted by Crippen LogP contribution is 2.04. The van der Waals surface area contributed by atoms with E-state index >= 15 is 0 Å². The summed E-state index contributed by atoms with van der Waals surface area (Å²) in [5.41, 5.74) is 1.61. The van der Waals surface area contributed by atoms with Gasteiger partial charge in [-0.2, -0.15) is 0 Å². The number of nitrogens with zero attached hydrogens (tertiary/aromatic N) is 2. The highest BCUT2D eigenvalue weighted by molar-refractivity contribution is 5.93. The molecule has 0 atom stereocenters. The van der Waals surface area contributed by atoms with Gasteiger partial charge in [0.05, 0.1) is 5.56 Å². The molecule has 104 valence electrons. The molecular weight excluding hydrogens is 252 g/mol. The van der Waals surface area contributed by atoms with Crippen molar-refractivity contribution in [3.8, 4) is 0 Å². The minimum absolute atomic E-state index is 0.0957. The Morgan fingerprint density at radius 2 is 1.80 bits per heavy atom. The van der Waals surface area contributed by atoms with Crippen molar-refractivity contribution < 1.29 is 4.79 Å². The van der Waals surface area contributed by atoms with Crippen molar-refractivity contribution in [1.29, 1.82) is 0 Å². The number of carbonyl (C=O) groups excluding carboxylic acids is 1. The Hall–Kier alpha value is -2.43. The van der Waals surface area contributed by atoms with Crippen LogP contribution in [-0.2, 0) is 6.54 Å². The number of anilines is 1. The van der Waals surface area contributed by atoms with Crippen LogP contribution in [0.1, 0.15) is 29.8 Å². The Morgan fingerprint density at radius 1 is 1.15 bits per heavy atom. The van der Waals surface area contributed by atoms with Gasteiger partial charge in [-0.25, -0.2) is 9.97 Å². The molecule has 5 nitrogen and oxygen atoms in total. The number of carbonyl (C=O) groups is 1. The molecule has 0 spiro atoms. The third kappa shape index (κ3) is 4.05. The van der Waals surface area contributed by atoms with Crippen LogP contribution in [0.25, 0.3) is 0 Å². The molecular formula is C15H18N4O. The fourth-order valence-electron chi connectivity index (χ4n) is 1.66. The predicted molar refractivity (Wildman–Crippen MR) is 78.4 cm³/mol. The van der Waals surface area contributed by atoms with Crippen molar-refractivity contribution in [2.24, 2.45) is 0 Å². The summed E-state index contributed by atoms with van der Waals surface area (Å²) >= 11 is 0. The van der Waals surface area contributed by atoms with Crippen LogP contribution in [0, 0.1) is 0 Å². The molecule has 1 aromatic heterocycles. The molecule has 20 heavy (non-hydrogen) atoms. The van der Waals surface area contributed by atoms with Crippen LogP contribution in [0.15, 0.2) is 42.7 Å². The predicted octanol–water partition coefficient (Wildman–Crippen LogP) is 2.23. The summed E-state index contributed by atoms with van der Waals surface area (Å²) in [5, 5.41) is 5.91. The zero-order valence-electron chi connectivity index (χ0n) is 11.6. The van der Waals surface area contributed by atoms with Crippen LogP contribution in [0.5, 0.6) is 0 Å². The summed E-state index contributed by atoms with van der Waals surface area (Å²) in [6.45, 7) is 4.47. The summed E-state index contributed by atoms with van der Waals surface area (Å²) < 4.78 is 0. The van der Waals surface area contributed by atoms with E-state index in [1.165, 1.54) is 12.4 Å². The van der Waals surface area contributed by atoms with Gasteiger partial charge in [0.15, 0.2) is 0 Å². The molecule has 1 heterocycles. The number of hydrogen-bond donors (Lipinski definition) is 2. The molecule has 2 rings (SSSR count). The lowest BCUT2D eigenvalue weighted by molar-refractivity contribution is 0.0942. The topological polar surface area (TPSA) is 66.9 Å². The van der Waals surface area contributed by atoms with Crippen molar-refractivity contribution in [2.45, 2.75) is 26.4 Å². The third-order valence-electron chi connectivity index (χ3n) is 2.63. The van der Waals surface area contributed by atoms with Crippen molar-refractivity contribution in [3.63, 3.8) is 0 Å². The molecule has 5 heteroatoms. The standard InChI is InChI=1S/C15H18N4O/c1-11(2)19-14(20)13-9-17-15(18-10-13)16-8-12-6-4-3-5-7-12/h3-7,9-11H,8H2,1-2H3,(H,19,20)(H,16,17,18). The summed E-state index contributed by atoms with van der Waals surface area (Å²) in [6.07, 6.45) is 3.05. The van der Waals surface area contributed by atoms with E-state index in [4.69, 9.17) is 0 Å². The van der Waals surface area contributed by atoms with Gasteiger partial charge in [0, 0.05) is 25.0 Å². The number of nitrogens with one attached hydrogen (secondary N) is 2. The summed E-state index contributed by atoms with van der Waals surface area (Å²) in [4.78, 5) is 20.0. The Bertz CT molecular complexity index is 552. The lowest BCUT2D eigenvalue weighted by Crippen LogP contribution is -2.30. The number of aromatic nitrogens is 2. The average molecular weight is 270 g/mol. The van der Waals surface area contributed by atoms with Gasteiger partial charge in [-0.3, -0.25) is 4.79 Å². The van der Waals surface area contributed by atoms with Gasteiger partial charge in [0.25, 0.3) is 5.91 Å². The molecule has 0 radical (unpaired) electrons. The number of amides is 1.